The van der Waals surface area contributed by atoms with Crippen LogP contribution in [-0.2, 0) is 0 Å². The van der Waals surface area contributed by atoms with Crippen molar-refractivity contribution in [2.45, 2.75) is 19.9 Å². The zero-order valence-electron chi connectivity index (χ0n) is 11.7. The first-order valence-corrected chi connectivity index (χ1v) is 6.88. The number of hydrogen-bond acceptors (Lipinski definition) is 1. The Balaban J connectivity index is 2.44. The van der Waals surface area contributed by atoms with Gasteiger partial charge in [0.25, 0.3) is 0 Å². The summed E-state index contributed by atoms with van der Waals surface area (Å²) >= 11 is 0. The maximum absolute atomic E-state index is 12.3. The standard InChI is InChI=1S/C18H17NO/c1-13(2)19-16-11-7-6-10-15(16)18(20)12-17(19)14-8-4-3-5-9-14/h3-13H,1-2H3. The molecule has 0 spiro atoms. The van der Waals surface area contributed by atoms with E-state index in [2.05, 4.69) is 18.4 Å². The van der Waals surface area contributed by atoms with Crippen molar-refractivity contribution in [1.82, 2.24) is 4.57 Å². The van der Waals surface area contributed by atoms with E-state index >= 15 is 0 Å². The molecule has 0 aliphatic rings. The van der Waals surface area contributed by atoms with Crippen molar-refractivity contribution in [2.75, 3.05) is 0 Å². The fourth-order valence-electron chi connectivity index (χ4n) is 2.68. The van der Waals surface area contributed by atoms with E-state index in [0.717, 1.165) is 22.2 Å². The maximum Gasteiger partial charge on any atom is 0.190 e. The summed E-state index contributed by atoms with van der Waals surface area (Å²) in [4.78, 5) is 12.3. The quantitative estimate of drug-likeness (QED) is 0.677. The summed E-state index contributed by atoms with van der Waals surface area (Å²) < 4.78 is 2.23. The Labute approximate surface area is 118 Å². The van der Waals surface area contributed by atoms with Gasteiger partial charge in [0.2, 0.25) is 0 Å². The van der Waals surface area contributed by atoms with Crippen molar-refractivity contribution < 1.29 is 0 Å². The molecule has 3 rings (SSSR count). The topological polar surface area (TPSA) is 22.0 Å². The molecule has 1 aromatic heterocycles. The number of rotatable bonds is 2. The summed E-state index contributed by atoms with van der Waals surface area (Å²) in [7, 11) is 0. The van der Waals surface area contributed by atoms with Gasteiger partial charge in [0.15, 0.2) is 5.43 Å². The van der Waals surface area contributed by atoms with E-state index in [-0.39, 0.29) is 11.5 Å². The summed E-state index contributed by atoms with van der Waals surface area (Å²) in [5, 5.41) is 0.779. The van der Waals surface area contributed by atoms with Gasteiger partial charge in [0, 0.05) is 17.5 Å². The Morgan fingerprint density at radius 2 is 1.55 bits per heavy atom. The normalized spacial score (nSPS) is 11.2. The highest BCUT2D eigenvalue weighted by Crippen LogP contribution is 2.26. The van der Waals surface area contributed by atoms with E-state index in [1.807, 2.05) is 54.6 Å². The zero-order chi connectivity index (χ0) is 14.1. The van der Waals surface area contributed by atoms with Gasteiger partial charge < -0.3 is 4.57 Å². The van der Waals surface area contributed by atoms with Gasteiger partial charge in [-0.15, -0.1) is 0 Å². The summed E-state index contributed by atoms with van der Waals surface area (Å²) in [6, 6.07) is 19.9. The van der Waals surface area contributed by atoms with Gasteiger partial charge in [-0.3, -0.25) is 4.79 Å². The Hall–Kier alpha value is -2.35. The average Bonchev–Trinajstić information content (AvgIpc) is 2.47. The fraction of sp³-hybridized carbons (Fsp3) is 0.167. The van der Waals surface area contributed by atoms with Crippen LogP contribution in [0.5, 0.6) is 0 Å². The summed E-state index contributed by atoms with van der Waals surface area (Å²) in [5.41, 5.74) is 3.12. The van der Waals surface area contributed by atoms with Crippen molar-refractivity contribution in [3.05, 3.63) is 70.9 Å². The number of pyridine rings is 1. The van der Waals surface area contributed by atoms with Gasteiger partial charge in [-0.2, -0.15) is 0 Å². The SMILES string of the molecule is CC(C)n1c(-c2ccccc2)cc(=O)c2ccccc21. The highest BCUT2D eigenvalue weighted by molar-refractivity contribution is 5.82. The van der Waals surface area contributed by atoms with Crippen molar-refractivity contribution >= 4 is 10.9 Å². The molecule has 2 heteroatoms. The third-order valence-electron chi connectivity index (χ3n) is 3.54. The fourth-order valence-corrected chi connectivity index (χ4v) is 2.68. The van der Waals surface area contributed by atoms with E-state index in [9.17, 15) is 4.79 Å². The lowest BCUT2D eigenvalue weighted by atomic mass is 10.1. The summed E-state index contributed by atoms with van der Waals surface area (Å²) in [6.07, 6.45) is 0. The minimum Gasteiger partial charge on any atom is -0.338 e. The molecule has 0 saturated carbocycles. The molecule has 3 aromatic rings. The number of nitrogens with zero attached hydrogens (tertiary/aromatic N) is 1. The number of fused-ring (bicyclic) bond motifs is 1. The zero-order valence-corrected chi connectivity index (χ0v) is 11.7. The highest BCUT2D eigenvalue weighted by Gasteiger charge is 2.12. The molecule has 100 valence electrons. The molecule has 0 amide bonds. The molecule has 20 heavy (non-hydrogen) atoms. The third-order valence-corrected chi connectivity index (χ3v) is 3.54. The van der Waals surface area contributed by atoms with Crippen LogP contribution in [0.2, 0.25) is 0 Å². The average molecular weight is 263 g/mol. The molecule has 0 N–H and O–H groups in total. The van der Waals surface area contributed by atoms with Crippen LogP contribution < -0.4 is 5.43 Å². The molecule has 1 heterocycles. The number of hydrogen-bond donors (Lipinski definition) is 0. The molecule has 0 unspecified atom stereocenters. The lowest BCUT2D eigenvalue weighted by molar-refractivity contribution is 0.624. The van der Waals surface area contributed by atoms with Crippen LogP contribution in [0.3, 0.4) is 0 Å². The molecular weight excluding hydrogens is 246 g/mol. The lowest BCUT2D eigenvalue weighted by Crippen LogP contribution is -2.13. The Morgan fingerprint density at radius 3 is 2.25 bits per heavy atom. The van der Waals surface area contributed by atoms with Gasteiger partial charge in [-0.1, -0.05) is 42.5 Å². The van der Waals surface area contributed by atoms with Crippen LogP contribution in [0.25, 0.3) is 22.2 Å². The minimum absolute atomic E-state index is 0.0800. The predicted molar refractivity (Wildman–Crippen MR) is 84.0 cm³/mol. The van der Waals surface area contributed by atoms with Gasteiger partial charge in [0.05, 0.1) is 11.2 Å². The number of benzene rings is 2. The largest absolute Gasteiger partial charge is 0.338 e. The molecule has 0 fully saturated rings. The Kier molecular flexibility index (Phi) is 3.15. The molecule has 2 aromatic carbocycles. The van der Waals surface area contributed by atoms with Crippen LogP contribution in [0.15, 0.2) is 65.5 Å². The molecular formula is C18H17NO. The van der Waals surface area contributed by atoms with E-state index in [0.29, 0.717) is 0 Å². The van der Waals surface area contributed by atoms with E-state index in [4.69, 9.17) is 0 Å². The van der Waals surface area contributed by atoms with Gasteiger partial charge in [-0.25, -0.2) is 0 Å². The van der Waals surface area contributed by atoms with E-state index in [1.165, 1.54) is 0 Å². The van der Waals surface area contributed by atoms with Gasteiger partial charge >= 0.3 is 0 Å². The third kappa shape index (κ3) is 2.03. The smallest absolute Gasteiger partial charge is 0.190 e. The molecule has 2 nitrogen and oxygen atoms in total. The Morgan fingerprint density at radius 1 is 0.900 bits per heavy atom. The first-order chi connectivity index (χ1) is 9.68. The molecule has 0 aliphatic carbocycles. The monoisotopic (exact) mass is 263 g/mol. The van der Waals surface area contributed by atoms with Crippen LogP contribution in [0.4, 0.5) is 0 Å². The number of para-hydroxylation sites is 1. The lowest BCUT2D eigenvalue weighted by Gasteiger charge is -2.20. The second kappa shape index (κ2) is 4.97. The van der Waals surface area contributed by atoms with Crippen molar-refractivity contribution in [3.8, 4) is 11.3 Å². The minimum atomic E-state index is 0.0800. The summed E-state index contributed by atoms with van der Waals surface area (Å²) in [5.74, 6) is 0. The molecule has 0 bridgehead atoms. The van der Waals surface area contributed by atoms with Crippen LogP contribution in [-0.4, -0.2) is 4.57 Å². The van der Waals surface area contributed by atoms with Crippen LogP contribution in [0, 0.1) is 0 Å². The number of aromatic nitrogens is 1. The van der Waals surface area contributed by atoms with Crippen LogP contribution >= 0.6 is 0 Å². The Bertz CT molecular complexity index is 801. The first kappa shape index (κ1) is 12.7. The highest BCUT2D eigenvalue weighted by atomic mass is 16.1. The van der Waals surface area contributed by atoms with E-state index in [1.54, 1.807) is 6.07 Å². The second-order valence-corrected chi connectivity index (χ2v) is 5.24. The van der Waals surface area contributed by atoms with Crippen molar-refractivity contribution in [1.29, 1.82) is 0 Å². The maximum atomic E-state index is 12.3. The van der Waals surface area contributed by atoms with Crippen LogP contribution in [0.1, 0.15) is 19.9 Å². The summed E-state index contributed by atoms with van der Waals surface area (Å²) in [6.45, 7) is 4.28. The molecule has 0 radical (unpaired) electrons. The van der Waals surface area contributed by atoms with E-state index < -0.39 is 0 Å². The predicted octanol–water partition coefficient (Wildman–Crippen LogP) is 4.25. The molecule has 0 saturated heterocycles. The van der Waals surface area contributed by atoms with Crippen molar-refractivity contribution in [3.63, 3.8) is 0 Å². The second-order valence-electron chi connectivity index (χ2n) is 5.24. The molecule has 0 atom stereocenters. The van der Waals surface area contributed by atoms with Gasteiger partial charge in [0.1, 0.15) is 0 Å². The first-order valence-electron chi connectivity index (χ1n) is 6.88. The van der Waals surface area contributed by atoms with Crippen molar-refractivity contribution in [2.24, 2.45) is 0 Å². The van der Waals surface area contributed by atoms with Gasteiger partial charge in [-0.05, 0) is 31.5 Å². The molecule has 0 aliphatic heterocycles.